The third-order valence-electron chi connectivity index (χ3n) is 5.76. The van der Waals surface area contributed by atoms with E-state index in [4.69, 9.17) is 17.2 Å². The summed E-state index contributed by atoms with van der Waals surface area (Å²) < 4.78 is 0. The van der Waals surface area contributed by atoms with Crippen molar-refractivity contribution >= 4 is 17.9 Å². The topological polar surface area (TPSA) is 148 Å². The van der Waals surface area contributed by atoms with Crippen molar-refractivity contribution in [3.8, 4) is 5.75 Å². The molecule has 1 aromatic carbocycles. The standard InChI is InChI=1S/C23H31N7O2/c1-3-16-12-29(13-17(4-2)30(16)23-27-10-15(14-31)11-28-23)20(22(25)26)9-19(24)18-7-5-6-8-21(18)32/h5-11,14,16-17,32H,3-4,12-13,24-26H2,1-2H3/b19-9-. The van der Waals surface area contributed by atoms with E-state index in [9.17, 15) is 9.90 Å². The van der Waals surface area contributed by atoms with E-state index in [1.54, 1.807) is 42.7 Å². The number of hydrogen-bond donors (Lipinski definition) is 4. The number of piperazine rings is 1. The van der Waals surface area contributed by atoms with Gasteiger partial charge in [-0.1, -0.05) is 26.0 Å². The highest BCUT2D eigenvalue weighted by Crippen LogP contribution is 2.29. The van der Waals surface area contributed by atoms with E-state index in [2.05, 4.69) is 33.6 Å². The van der Waals surface area contributed by atoms with Crippen LogP contribution in [0.1, 0.15) is 42.6 Å². The number of hydrogen-bond acceptors (Lipinski definition) is 9. The second kappa shape index (κ2) is 10.0. The van der Waals surface area contributed by atoms with Gasteiger partial charge in [0.15, 0.2) is 6.29 Å². The van der Waals surface area contributed by atoms with Crippen LogP contribution >= 0.6 is 0 Å². The maximum absolute atomic E-state index is 11.0. The van der Waals surface area contributed by atoms with Crippen molar-refractivity contribution in [2.75, 3.05) is 18.0 Å². The molecule has 1 aliphatic rings. The summed E-state index contributed by atoms with van der Waals surface area (Å²) in [6.07, 6.45) is 7.23. The summed E-state index contributed by atoms with van der Waals surface area (Å²) in [5.74, 6) is 0.854. The first kappa shape index (κ1) is 22.9. The lowest BCUT2D eigenvalue weighted by Crippen LogP contribution is -2.59. The Morgan fingerprint density at radius 1 is 1.09 bits per heavy atom. The number of rotatable bonds is 7. The summed E-state index contributed by atoms with van der Waals surface area (Å²) in [7, 11) is 0. The zero-order chi connectivity index (χ0) is 23.3. The molecule has 0 bridgehead atoms. The van der Waals surface area contributed by atoms with Crippen LogP contribution in [0.2, 0.25) is 0 Å². The molecule has 2 atom stereocenters. The molecule has 2 heterocycles. The third-order valence-corrected chi connectivity index (χ3v) is 5.76. The van der Waals surface area contributed by atoms with Gasteiger partial charge in [0.2, 0.25) is 5.95 Å². The number of aromatic hydroxyl groups is 1. The van der Waals surface area contributed by atoms with Crippen molar-refractivity contribution < 1.29 is 9.90 Å². The van der Waals surface area contributed by atoms with Crippen molar-refractivity contribution in [2.24, 2.45) is 17.2 Å². The first-order valence-electron chi connectivity index (χ1n) is 10.7. The minimum absolute atomic E-state index is 0.0924. The van der Waals surface area contributed by atoms with Crippen molar-refractivity contribution in [2.45, 2.75) is 38.8 Å². The predicted octanol–water partition coefficient (Wildman–Crippen LogP) is 1.76. The third kappa shape index (κ3) is 4.77. The summed E-state index contributed by atoms with van der Waals surface area (Å²) in [4.78, 5) is 24.1. The molecule has 9 heteroatoms. The molecule has 0 spiro atoms. The van der Waals surface area contributed by atoms with Crippen LogP contribution < -0.4 is 22.1 Å². The largest absolute Gasteiger partial charge is 0.507 e. The highest BCUT2D eigenvalue weighted by molar-refractivity contribution is 5.73. The van der Waals surface area contributed by atoms with Crippen LogP contribution in [0.5, 0.6) is 5.75 Å². The number of aldehydes is 1. The van der Waals surface area contributed by atoms with Crippen LogP contribution in [0.15, 0.2) is 54.3 Å². The van der Waals surface area contributed by atoms with Crippen molar-refractivity contribution in [3.63, 3.8) is 0 Å². The number of nitrogens with two attached hydrogens (primary N) is 3. The molecule has 3 rings (SSSR count). The molecule has 32 heavy (non-hydrogen) atoms. The fourth-order valence-electron chi connectivity index (χ4n) is 4.06. The van der Waals surface area contributed by atoms with E-state index in [-0.39, 0.29) is 23.7 Å². The van der Waals surface area contributed by atoms with Crippen molar-refractivity contribution in [1.82, 2.24) is 14.9 Å². The number of phenols is 1. The highest BCUT2D eigenvalue weighted by atomic mass is 16.3. The van der Waals surface area contributed by atoms with E-state index in [0.29, 0.717) is 41.6 Å². The summed E-state index contributed by atoms with van der Waals surface area (Å²) in [6, 6.07) is 7.07. The number of anilines is 1. The van der Waals surface area contributed by atoms with Gasteiger partial charge in [-0.25, -0.2) is 9.97 Å². The van der Waals surface area contributed by atoms with Gasteiger partial charge in [0, 0.05) is 48.8 Å². The minimum atomic E-state index is 0.0924. The van der Waals surface area contributed by atoms with Crippen molar-refractivity contribution in [3.05, 3.63) is 65.4 Å². The van der Waals surface area contributed by atoms with Gasteiger partial charge in [-0.3, -0.25) is 4.79 Å². The molecule has 1 saturated heterocycles. The fraction of sp³-hybridized carbons (Fsp3) is 0.348. The van der Waals surface area contributed by atoms with Crippen LogP contribution in [0, 0.1) is 0 Å². The molecule has 1 fully saturated rings. The normalized spacial score (nSPS) is 19.0. The molecule has 7 N–H and O–H groups in total. The molecular formula is C23H31N7O2. The number of allylic oxidation sites excluding steroid dienone is 1. The van der Waals surface area contributed by atoms with E-state index in [1.165, 1.54) is 0 Å². The molecule has 2 unspecified atom stereocenters. The SMILES string of the molecule is CCC1CN(C(/C=C(\N)c2ccccc2O)=C(N)N)CC(CC)N1c1ncc(C=O)cn1. The Bertz CT molecular complexity index is 986. The molecule has 1 aliphatic heterocycles. The van der Waals surface area contributed by atoms with E-state index >= 15 is 0 Å². The Hall–Kier alpha value is -3.75. The molecule has 170 valence electrons. The van der Waals surface area contributed by atoms with Gasteiger partial charge in [0.05, 0.1) is 11.3 Å². The molecular weight excluding hydrogens is 406 g/mol. The number of nitrogens with zero attached hydrogens (tertiary/aromatic N) is 4. The van der Waals surface area contributed by atoms with E-state index in [0.717, 1.165) is 19.1 Å². The quantitative estimate of drug-likeness (QED) is 0.375. The van der Waals surface area contributed by atoms with Gasteiger partial charge in [0.25, 0.3) is 0 Å². The maximum atomic E-state index is 11.0. The molecule has 0 radical (unpaired) electrons. The molecule has 2 aromatic rings. The first-order valence-corrected chi connectivity index (χ1v) is 10.7. The molecule has 0 aliphatic carbocycles. The Morgan fingerprint density at radius 2 is 1.69 bits per heavy atom. The lowest BCUT2D eigenvalue weighted by molar-refractivity contribution is 0.112. The minimum Gasteiger partial charge on any atom is -0.507 e. The molecule has 1 aromatic heterocycles. The Morgan fingerprint density at radius 3 is 2.19 bits per heavy atom. The second-order valence-electron chi connectivity index (χ2n) is 7.83. The Balaban J connectivity index is 1.92. The lowest BCUT2D eigenvalue weighted by atomic mass is 10.0. The first-order chi connectivity index (χ1) is 15.4. The number of para-hydroxylation sites is 1. The van der Waals surface area contributed by atoms with E-state index in [1.807, 2.05) is 0 Å². The van der Waals surface area contributed by atoms with Crippen molar-refractivity contribution in [1.29, 1.82) is 0 Å². The second-order valence-corrected chi connectivity index (χ2v) is 7.83. The monoisotopic (exact) mass is 437 g/mol. The fourth-order valence-corrected chi connectivity index (χ4v) is 4.06. The van der Waals surface area contributed by atoms with Gasteiger partial charge >= 0.3 is 0 Å². The number of aromatic nitrogens is 2. The Labute approximate surface area is 188 Å². The average Bonchev–Trinajstić information content (AvgIpc) is 2.81. The molecule has 0 saturated carbocycles. The number of carbonyl (C=O) groups excluding carboxylic acids is 1. The summed E-state index contributed by atoms with van der Waals surface area (Å²) in [5, 5.41) is 10.1. The summed E-state index contributed by atoms with van der Waals surface area (Å²) in [5.41, 5.74) is 20.4. The lowest BCUT2D eigenvalue weighted by Gasteiger charge is -2.47. The van der Waals surface area contributed by atoms with Crippen LogP contribution in [-0.2, 0) is 0 Å². The molecule has 9 nitrogen and oxygen atoms in total. The van der Waals surface area contributed by atoms with Crippen LogP contribution in [0.3, 0.4) is 0 Å². The number of benzene rings is 1. The van der Waals surface area contributed by atoms with Gasteiger partial charge in [-0.2, -0.15) is 0 Å². The van der Waals surface area contributed by atoms with Crippen LogP contribution in [-0.4, -0.2) is 51.4 Å². The van der Waals surface area contributed by atoms with Gasteiger partial charge in [0.1, 0.15) is 11.6 Å². The van der Waals surface area contributed by atoms with Crippen LogP contribution in [0.25, 0.3) is 5.70 Å². The highest BCUT2D eigenvalue weighted by Gasteiger charge is 2.35. The van der Waals surface area contributed by atoms with Gasteiger partial charge in [-0.05, 0) is 31.1 Å². The maximum Gasteiger partial charge on any atom is 0.225 e. The zero-order valence-corrected chi connectivity index (χ0v) is 18.5. The Kier molecular flexibility index (Phi) is 7.19. The zero-order valence-electron chi connectivity index (χ0n) is 18.5. The number of carbonyl (C=O) groups is 1. The summed E-state index contributed by atoms with van der Waals surface area (Å²) >= 11 is 0. The number of phenolic OH excluding ortho intramolecular Hbond substituents is 1. The summed E-state index contributed by atoms with van der Waals surface area (Å²) in [6.45, 7) is 5.50. The van der Waals surface area contributed by atoms with Crippen LogP contribution in [0.4, 0.5) is 5.95 Å². The smallest absolute Gasteiger partial charge is 0.225 e. The van der Waals surface area contributed by atoms with E-state index < -0.39 is 0 Å². The van der Waals surface area contributed by atoms with Gasteiger partial charge < -0.3 is 32.1 Å². The molecule has 0 amide bonds. The van der Waals surface area contributed by atoms with Gasteiger partial charge in [-0.15, -0.1) is 0 Å². The predicted molar refractivity (Wildman–Crippen MR) is 125 cm³/mol. The average molecular weight is 438 g/mol.